The topological polar surface area (TPSA) is 88.5 Å². The summed E-state index contributed by atoms with van der Waals surface area (Å²) in [5, 5.41) is 11.4. The molecule has 40 heavy (non-hydrogen) atoms. The van der Waals surface area contributed by atoms with E-state index in [4.69, 9.17) is 14.2 Å². The van der Waals surface area contributed by atoms with Gasteiger partial charge in [-0.15, -0.1) is 0 Å². The van der Waals surface area contributed by atoms with Crippen molar-refractivity contribution < 1.29 is 28.9 Å². The molecule has 2 aromatic rings. The van der Waals surface area contributed by atoms with Gasteiger partial charge in [-0.3, -0.25) is 9.59 Å². The van der Waals surface area contributed by atoms with Crippen LogP contribution in [0.2, 0.25) is 0 Å². The van der Waals surface area contributed by atoms with Crippen LogP contribution < -0.4 is 14.2 Å². The Morgan fingerprint density at radius 1 is 1.00 bits per heavy atom. The fraction of sp³-hybridized carbons (Fsp3) is 0.500. The van der Waals surface area contributed by atoms with Crippen molar-refractivity contribution in [3.8, 4) is 17.2 Å². The standard InChI is InChI=1S/C32H44N2O6/c1-7-33(8-2)18-10-19-34-29(24-13-16-26(27(21-24)38-6)40-20-17-22(4)5)28(31(36)32(34)37)30(35)23-11-14-25(15-12-23)39-9-3/h11-16,21-22,29,35H,7-10,17-20H2,1-6H3. The molecule has 1 saturated heterocycles. The minimum absolute atomic E-state index is 0.0625. The first-order valence-electron chi connectivity index (χ1n) is 14.3. The van der Waals surface area contributed by atoms with Crippen molar-refractivity contribution in [3.05, 3.63) is 59.2 Å². The third-order valence-corrected chi connectivity index (χ3v) is 7.20. The Bertz CT molecular complexity index is 1170. The van der Waals surface area contributed by atoms with E-state index in [1.807, 2.05) is 13.0 Å². The predicted octanol–water partition coefficient (Wildman–Crippen LogP) is 5.67. The van der Waals surface area contributed by atoms with Crippen molar-refractivity contribution in [2.45, 2.75) is 53.5 Å². The molecule has 1 unspecified atom stereocenters. The Kier molecular flexibility index (Phi) is 11.4. The van der Waals surface area contributed by atoms with E-state index in [1.54, 1.807) is 48.4 Å². The van der Waals surface area contributed by atoms with Crippen LogP contribution in [0.5, 0.6) is 17.2 Å². The van der Waals surface area contributed by atoms with Crippen LogP contribution in [0, 0.1) is 5.92 Å². The summed E-state index contributed by atoms with van der Waals surface area (Å²) in [5.74, 6) is 0.736. The molecular weight excluding hydrogens is 508 g/mol. The maximum Gasteiger partial charge on any atom is 0.295 e. The lowest BCUT2D eigenvalue weighted by atomic mass is 9.95. The van der Waals surface area contributed by atoms with Gasteiger partial charge in [0.15, 0.2) is 11.5 Å². The molecular formula is C32H44N2O6. The number of benzene rings is 2. The highest BCUT2D eigenvalue weighted by molar-refractivity contribution is 6.46. The molecule has 1 amide bonds. The smallest absolute Gasteiger partial charge is 0.295 e. The third kappa shape index (κ3) is 7.36. The average molecular weight is 553 g/mol. The van der Waals surface area contributed by atoms with Crippen LogP contribution in [0.1, 0.15) is 64.6 Å². The number of aliphatic hydroxyl groups is 1. The van der Waals surface area contributed by atoms with E-state index in [0.29, 0.717) is 60.5 Å². The summed E-state index contributed by atoms with van der Waals surface area (Å²) >= 11 is 0. The molecule has 218 valence electrons. The molecule has 8 heteroatoms. The van der Waals surface area contributed by atoms with Gasteiger partial charge in [0.05, 0.1) is 31.9 Å². The number of likely N-dealkylation sites (tertiary alicyclic amines) is 1. The van der Waals surface area contributed by atoms with E-state index in [2.05, 4.69) is 32.6 Å². The zero-order chi connectivity index (χ0) is 29.2. The fourth-order valence-electron chi connectivity index (χ4n) is 4.87. The summed E-state index contributed by atoms with van der Waals surface area (Å²) in [6.07, 6.45) is 1.60. The number of amides is 1. The van der Waals surface area contributed by atoms with Crippen molar-refractivity contribution in [2.24, 2.45) is 5.92 Å². The van der Waals surface area contributed by atoms with Gasteiger partial charge >= 0.3 is 0 Å². The highest BCUT2D eigenvalue weighted by Crippen LogP contribution is 2.42. The SMILES string of the molecule is CCOc1ccc(C(O)=C2C(=O)C(=O)N(CCCN(CC)CC)C2c2ccc(OCCC(C)C)c(OC)c2)cc1. The van der Waals surface area contributed by atoms with Crippen molar-refractivity contribution in [3.63, 3.8) is 0 Å². The summed E-state index contributed by atoms with van der Waals surface area (Å²) in [4.78, 5) is 30.6. The van der Waals surface area contributed by atoms with Crippen LogP contribution in [0.4, 0.5) is 0 Å². The molecule has 2 aromatic carbocycles. The number of Topliss-reactive ketones (excluding diaryl/α,β-unsaturated/α-hetero) is 1. The Balaban J connectivity index is 2.03. The second-order valence-electron chi connectivity index (χ2n) is 10.3. The number of ketones is 1. The maximum absolute atomic E-state index is 13.4. The number of carbonyl (C=O) groups excluding carboxylic acids is 2. The molecule has 1 N–H and O–H groups in total. The van der Waals surface area contributed by atoms with E-state index >= 15 is 0 Å². The molecule has 0 radical (unpaired) electrons. The first-order valence-corrected chi connectivity index (χ1v) is 14.3. The van der Waals surface area contributed by atoms with Crippen molar-refractivity contribution in [1.29, 1.82) is 0 Å². The summed E-state index contributed by atoms with van der Waals surface area (Å²) in [7, 11) is 1.56. The molecule has 1 heterocycles. The van der Waals surface area contributed by atoms with E-state index in [-0.39, 0.29) is 11.3 Å². The first-order chi connectivity index (χ1) is 19.2. The van der Waals surface area contributed by atoms with Crippen LogP contribution >= 0.6 is 0 Å². The van der Waals surface area contributed by atoms with Crippen molar-refractivity contribution in [2.75, 3.05) is 46.5 Å². The number of hydrogen-bond acceptors (Lipinski definition) is 7. The van der Waals surface area contributed by atoms with Crippen LogP contribution in [-0.2, 0) is 9.59 Å². The molecule has 0 saturated carbocycles. The molecule has 0 aliphatic carbocycles. The monoisotopic (exact) mass is 552 g/mol. The normalized spacial score (nSPS) is 16.7. The number of methoxy groups -OCH3 is 1. The highest BCUT2D eigenvalue weighted by Gasteiger charge is 2.46. The molecule has 0 bridgehead atoms. The summed E-state index contributed by atoms with van der Waals surface area (Å²) in [6.45, 7) is 14.4. The van der Waals surface area contributed by atoms with Crippen molar-refractivity contribution in [1.82, 2.24) is 9.80 Å². The molecule has 1 fully saturated rings. The quantitative estimate of drug-likeness (QED) is 0.173. The number of carbonyl (C=O) groups is 2. The van der Waals surface area contributed by atoms with Crippen LogP contribution in [-0.4, -0.2) is 73.1 Å². The Morgan fingerprint density at radius 3 is 2.30 bits per heavy atom. The van der Waals surface area contributed by atoms with Crippen LogP contribution in [0.25, 0.3) is 5.76 Å². The highest BCUT2D eigenvalue weighted by atomic mass is 16.5. The van der Waals surface area contributed by atoms with Gasteiger partial charge in [0.25, 0.3) is 11.7 Å². The van der Waals surface area contributed by atoms with Crippen molar-refractivity contribution >= 4 is 17.4 Å². The Morgan fingerprint density at radius 2 is 1.70 bits per heavy atom. The summed E-state index contributed by atoms with van der Waals surface area (Å²) < 4.78 is 17.1. The molecule has 1 aliphatic rings. The van der Waals surface area contributed by atoms with E-state index in [9.17, 15) is 14.7 Å². The Hall–Kier alpha value is -3.52. The van der Waals surface area contributed by atoms with Gasteiger partial charge in [-0.1, -0.05) is 33.8 Å². The van der Waals surface area contributed by atoms with Gasteiger partial charge in [0.1, 0.15) is 11.5 Å². The fourth-order valence-corrected chi connectivity index (χ4v) is 4.87. The summed E-state index contributed by atoms with van der Waals surface area (Å²) in [5.41, 5.74) is 1.17. The number of ether oxygens (including phenoxy) is 3. The van der Waals surface area contributed by atoms with E-state index in [1.165, 1.54) is 0 Å². The van der Waals surface area contributed by atoms with Gasteiger partial charge in [-0.2, -0.15) is 0 Å². The molecule has 3 rings (SSSR count). The predicted molar refractivity (Wildman–Crippen MR) is 157 cm³/mol. The lowest BCUT2D eigenvalue weighted by molar-refractivity contribution is -0.140. The van der Waals surface area contributed by atoms with Gasteiger partial charge in [0.2, 0.25) is 0 Å². The molecule has 1 aliphatic heterocycles. The average Bonchev–Trinajstić information content (AvgIpc) is 3.20. The van der Waals surface area contributed by atoms with Gasteiger partial charge in [0, 0.05) is 12.1 Å². The summed E-state index contributed by atoms with van der Waals surface area (Å²) in [6, 6.07) is 11.5. The zero-order valence-electron chi connectivity index (χ0n) is 24.7. The second-order valence-corrected chi connectivity index (χ2v) is 10.3. The molecule has 8 nitrogen and oxygen atoms in total. The second kappa shape index (κ2) is 14.7. The van der Waals surface area contributed by atoms with Gasteiger partial charge < -0.3 is 29.1 Å². The van der Waals surface area contributed by atoms with E-state index < -0.39 is 17.7 Å². The zero-order valence-corrected chi connectivity index (χ0v) is 24.7. The maximum atomic E-state index is 13.4. The van der Waals surface area contributed by atoms with E-state index in [0.717, 1.165) is 26.1 Å². The van der Waals surface area contributed by atoms with Gasteiger partial charge in [-0.05, 0) is 87.3 Å². The van der Waals surface area contributed by atoms with Gasteiger partial charge in [-0.25, -0.2) is 0 Å². The number of hydrogen-bond donors (Lipinski definition) is 1. The minimum Gasteiger partial charge on any atom is -0.507 e. The molecule has 0 spiro atoms. The molecule has 0 aromatic heterocycles. The first kappa shape index (κ1) is 31.0. The number of rotatable bonds is 15. The largest absolute Gasteiger partial charge is 0.507 e. The lowest BCUT2D eigenvalue weighted by Crippen LogP contribution is -2.33. The number of aliphatic hydroxyl groups excluding tert-OH is 1. The lowest BCUT2D eigenvalue weighted by Gasteiger charge is -2.27. The van der Waals surface area contributed by atoms with Crippen LogP contribution in [0.15, 0.2) is 48.0 Å². The molecule has 1 atom stereocenters. The minimum atomic E-state index is -0.762. The number of nitrogens with zero attached hydrogens (tertiary/aromatic N) is 2. The Labute approximate surface area is 238 Å². The van der Waals surface area contributed by atoms with Crippen LogP contribution in [0.3, 0.4) is 0 Å². The third-order valence-electron chi connectivity index (χ3n) is 7.20.